The number of rotatable bonds is 5. The highest BCUT2D eigenvalue weighted by atomic mass is 35.5. The van der Waals surface area contributed by atoms with E-state index in [4.69, 9.17) is 17.3 Å². The van der Waals surface area contributed by atoms with Crippen LogP contribution in [0.1, 0.15) is 6.42 Å². The van der Waals surface area contributed by atoms with E-state index in [9.17, 15) is 0 Å². The summed E-state index contributed by atoms with van der Waals surface area (Å²) in [6.45, 7) is 6.81. The molecule has 3 N–H and O–H groups in total. The normalized spacial score (nSPS) is 17.6. The van der Waals surface area contributed by atoms with Crippen LogP contribution in [-0.2, 0) is 0 Å². The van der Waals surface area contributed by atoms with Gasteiger partial charge in [-0.05, 0) is 38.2 Å². The van der Waals surface area contributed by atoms with Crippen molar-refractivity contribution in [3.05, 3.63) is 23.2 Å². The van der Waals surface area contributed by atoms with Gasteiger partial charge in [-0.1, -0.05) is 11.6 Å². The monoisotopic (exact) mass is 282 g/mol. The molecule has 0 aliphatic carbocycles. The maximum absolute atomic E-state index is 5.90. The standard InChI is InChI=1S/C14H23ClN4/c1-18-7-9-19(10-8-18)6-2-5-17-14-4-3-12(15)11-13(14)16/h3-4,11,17H,2,5-10,16H2,1H3. The second kappa shape index (κ2) is 6.98. The van der Waals surface area contributed by atoms with E-state index in [1.165, 1.54) is 26.2 Å². The third-order valence-electron chi connectivity index (χ3n) is 3.58. The number of piperazine rings is 1. The van der Waals surface area contributed by atoms with Gasteiger partial charge in [-0.25, -0.2) is 0 Å². The Hall–Kier alpha value is -0.970. The topological polar surface area (TPSA) is 44.5 Å². The van der Waals surface area contributed by atoms with E-state index in [1.54, 1.807) is 6.07 Å². The molecule has 106 valence electrons. The van der Waals surface area contributed by atoms with Crippen molar-refractivity contribution in [1.82, 2.24) is 9.80 Å². The fourth-order valence-corrected chi connectivity index (χ4v) is 2.47. The van der Waals surface area contributed by atoms with Gasteiger partial charge in [-0.2, -0.15) is 0 Å². The van der Waals surface area contributed by atoms with Crippen LogP contribution in [0.15, 0.2) is 18.2 Å². The molecule has 0 spiro atoms. The van der Waals surface area contributed by atoms with Crippen LogP contribution in [0.2, 0.25) is 5.02 Å². The zero-order chi connectivity index (χ0) is 13.7. The second-order valence-corrected chi connectivity index (χ2v) is 5.59. The van der Waals surface area contributed by atoms with Gasteiger partial charge in [0.15, 0.2) is 0 Å². The van der Waals surface area contributed by atoms with Crippen molar-refractivity contribution in [1.29, 1.82) is 0 Å². The van der Waals surface area contributed by atoms with Gasteiger partial charge in [0.1, 0.15) is 0 Å². The van der Waals surface area contributed by atoms with Crippen LogP contribution in [0.3, 0.4) is 0 Å². The molecule has 1 aliphatic heterocycles. The fourth-order valence-electron chi connectivity index (χ4n) is 2.29. The quantitative estimate of drug-likeness (QED) is 0.640. The first-order valence-corrected chi connectivity index (χ1v) is 7.23. The Morgan fingerprint density at radius 3 is 2.68 bits per heavy atom. The highest BCUT2D eigenvalue weighted by Crippen LogP contribution is 2.22. The van der Waals surface area contributed by atoms with Gasteiger partial charge in [0.25, 0.3) is 0 Å². The summed E-state index contributed by atoms with van der Waals surface area (Å²) < 4.78 is 0. The third kappa shape index (κ3) is 4.56. The van der Waals surface area contributed by atoms with Crippen molar-refractivity contribution in [2.45, 2.75) is 6.42 Å². The number of anilines is 2. The summed E-state index contributed by atoms with van der Waals surface area (Å²) in [5.74, 6) is 0. The van der Waals surface area contributed by atoms with Crippen LogP contribution in [0, 0.1) is 0 Å². The summed E-state index contributed by atoms with van der Waals surface area (Å²) in [4.78, 5) is 4.90. The lowest BCUT2D eigenvalue weighted by Crippen LogP contribution is -2.44. The van der Waals surface area contributed by atoms with Crippen LogP contribution < -0.4 is 11.1 Å². The lowest BCUT2D eigenvalue weighted by atomic mass is 10.2. The first-order valence-electron chi connectivity index (χ1n) is 6.85. The maximum atomic E-state index is 5.90. The van der Waals surface area contributed by atoms with E-state index in [0.29, 0.717) is 10.7 Å². The Kier molecular flexibility index (Phi) is 5.31. The molecule has 4 nitrogen and oxygen atoms in total. The van der Waals surface area contributed by atoms with E-state index < -0.39 is 0 Å². The zero-order valence-electron chi connectivity index (χ0n) is 11.5. The van der Waals surface area contributed by atoms with Crippen molar-refractivity contribution in [3.63, 3.8) is 0 Å². The largest absolute Gasteiger partial charge is 0.397 e. The van der Waals surface area contributed by atoms with Gasteiger partial charge in [0, 0.05) is 37.7 Å². The van der Waals surface area contributed by atoms with Gasteiger partial charge in [-0.15, -0.1) is 0 Å². The smallest absolute Gasteiger partial charge is 0.0574 e. The van der Waals surface area contributed by atoms with Crippen molar-refractivity contribution < 1.29 is 0 Å². The Morgan fingerprint density at radius 1 is 1.26 bits per heavy atom. The molecule has 0 unspecified atom stereocenters. The Bertz CT molecular complexity index is 402. The van der Waals surface area contributed by atoms with Crippen LogP contribution >= 0.6 is 11.6 Å². The van der Waals surface area contributed by atoms with Crippen LogP contribution in [-0.4, -0.2) is 56.1 Å². The third-order valence-corrected chi connectivity index (χ3v) is 3.81. The number of likely N-dealkylation sites (N-methyl/N-ethyl adjacent to an activating group) is 1. The van der Waals surface area contributed by atoms with Gasteiger partial charge in [0.05, 0.1) is 11.4 Å². The lowest BCUT2D eigenvalue weighted by molar-refractivity contribution is 0.154. The maximum Gasteiger partial charge on any atom is 0.0574 e. The van der Waals surface area contributed by atoms with Crippen molar-refractivity contribution >= 4 is 23.0 Å². The Balaban J connectivity index is 1.66. The molecule has 1 aromatic rings. The van der Waals surface area contributed by atoms with Crippen molar-refractivity contribution in [3.8, 4) is 0 Å². The Labute approximate surface area is 120 Å². The molecule has 5 heteroatoms. The second-order valence-electron chi connectivity index (χ2n) is 5.16. The summed E-state index contributed by atoms with van der Waals surface area (Å²) in [6.07, 6.45) is 1.13. The van der Waals surface area contributed by atoms with Crippen LogP contribution in [0.25, 0.3) is 0 Å². The van der Waals surface area contributed by atoms with E-state index >= 15 is 0 Å². The van der Waals surface area contributed by atoms with E-state index in [-0.39, 0.29) is 0 Å². The fraction of sp³-hybridized carbons (Fsp3) is 0.571. The lowest BCUT2D eigenvalue weighted by Gasteiger charge is -2.32. The van der Waals surface area contributed by atoms with Crippen molar-refractivity contribution in [2.24, 2.45) is 0 Å². The molecule has 1 heterocycles. The van der Waals surface area contributed by atoms with Crippen LogP contribution in [0.4, 0.5) is 11.4 Å². The molecule has 2 rings (SSSR count). The van der Waals surface area contributed by atoms with Gasteiger partial charge in [-0.3, -0.25) is 0 Å². The minimum atomic E-state index is 0.681. The first-order chi connectivity index (χ1) is 9.15. The number of benzene rings is 1. The average molecular weight is 283 g/mol. The van der Waals surface area contributed by atoms with E-state index in [0.717, 1.165) is 25.2 Å². The number of nitrogen functional groups attached to an aromatic ring is 1. The van der Waals surface area contributed by atoms with Gasteiger partial charge in [0.2, 0.25) is 0 Å². The van der Waals surface area contributed by atoms with E-state index in [2.05, 4.69) is 22.2 Å². The summed E-state index contributed by atoms with van der Waals surface area (Å²) >= 11 is 5.87. The zero-order valence-corrected chi connectivity index (χ0v) is 12.3. The Morgan fingerprint density at radius 2 is 2.00 bits per heavy atom. The predicted molar refractivity (Wildman–Crippen MR) is 82.9 cm³/mol. The number of nitrogens with one attached hydrogen (secondary N) is 1. The summed E-state index contributed by atoms with van der Waals surface area (Å²) in [5, 5.41) is 4.05. The molecule has 0 bridgehead atoms. The molecule has 1 fully saturated rings. The minimum Gasteiger partial charge on any atom is -0.397 e. The number of hydrogen-bond donors (Lipinski definition) is 2. The number of hydrogen-bond acceptors (Lipinski definition) is 4. The molecule has 0 amide bonds. The first kappa shape index (κ1) is 14.4. The molecule has 0 saturated carbocycles. The SMILES string of the molecule is CN1CCN(CCCNc2ccc(Cl)cc2N)CC1. The number of nitrogens with two attached hydrogens (primary N) is 1. The molecule has 1 saturated heterocycles. The molecule has 1 aliphatic rings. The highest BCUT2D eigenvalue weighted by molar-refractivity contribution is 6.31. The number of nitrogens with zero attached hydrogens (tertiary/aromatic N) is 2. The van der Waals surface area contributed by atoms with Crippen LogP contribution in [0.5, 0.6) is 0 Å². The minimum absolute atomic E-state index is 0.681. The summed E-state index contributed by atoms with van der Waals surface area (Å²) in [6, 6.07) is 5.58. The average Bonchev–Trinajstić information content (AvgIpc) is 2.39. The van der Waals surface area contributed by atoms with Gasteiger partial charge >= 0.3 is 0 Å². The molecule has 19 heavy (non-hydrogen) atoms. The van der Waals surface area contributed by atoms with Crippen molar-refractivity contribution in [2.75, 3.05) is 57.4 Å². The molecule has 0 atom stereocenters. The molecular formula is C14H23ClN4. The summed E-state index contributed by atoms with van der Waals surface area (Å²) in [5.41, 5.74) is 7.59. The summed E-state index contributed by atoms with van der Waals surface area (Å²) in [7, 11) is 2.18. The molecular weight excluding hydrogens is 260 g/mol. The van der Waals surface area contributed by atoms with E-state index in [1.807, 2.05) is 12.1 Å². The molecule has 0 radical (unpaired) electrons. The number of halogens is 1. The predicted octanol–water partition coefficient (Wildman–Crippen LogP) is 1.97. The van der Waals surface area contributed by atoms with Gasteiger partial charge < -0.3 is 20.9 Å². The molecule has 0 aromatic heterocycles. The molecule has 1 aromatic carbocycles. The highest BCUT2D eigenvalue weighted by Gasteiger charge is 2.12.